The zero-order valence-electron chi connectivity index (χ0n) is 9.27. The highest BCUT2D eigenvalue weighted by Crippen LogP contribution is 2.28. The summed E-state index contributed by atoms with van der Waals surface area (Å²) < 4.78 is 0.828. The Hall–Kier alpha value is -1.07. The number of halogens is 1. The molecule has 1 rings (SSSR count). The number of carbonyl (C=O) groups is 1. The Labute approximate surface area is 103 Å². The van der Waals surface area contributed by atoms with E-state index >= 15 is 0 Å². The summed E-state index contributed by atoms with van der Waals surface area (Å²) in [5.41, 5.74) is 6.81. The number of aliphatic hydroxyl groups is 1. The van der Waals surface area contributed by atoms with Crippen molar-refractivity contribution in [2.45, 2.75) is 13.0 Å². The second kappa shape index (κ2) is 5.32. The number of carbonyl (C=O) groups excluding carboxylic acids is 1. The highest BCUT2D eigenvalue weighted by atomic mass is 79.9. The van der Waals surface area contributed by atoms with Gasteiger partial charge in [0.1, 0.15) is 0 Å². The Morgan fingerprint density at radius 2 is 2.25 bits per heavy atom. The summed E-state index contributed by atoms with van der Waals surface area (Å²) >= 11 is 3.40. The largest absolute Gasteiger partial charge is 0.389 e. The van der Waals surface area contributed by atoms with Gasteiger partial charge in [-0.25, -0.2) is 0 Å². The number of rotatable bonds is 4. The lowest BCUT2D eigenvalue weighted by atomic mass is 10.1. The van der Waals surface area contributed by atoms with Crippen LogP contribution in [0, 0.1) is 0 Å². The van der Waals surface area contributed by atoms with Crippen molar-refractivity contribution in [3.05, 3.63) is 28.2 Å². The van der Waals surface area contributed by atoms with E-state index in [1.54, 1.807) is 18.9 Å². The fourth-order valence-corrected chi connectivity index (χ4v) is 2.11. The van der Waals surface area contributed by atoms with Gasteiger partial charge in [-0.3, -0.25) is 4.79 Å². The first-order valence-electron chi connectivity index (χ1n) is 4.88. The topological polar surface area (TPSA) is 66.6 Å². The van der Waals surface area contributed by atoms with Gasteiger partial charge >= 0.3 is 0 Å². The summed E-state index contributed by atoms with van der Waals surface area (Å²) in [5.74, 6) is -0.381. The average Bonchev–Trinajstić information content (AvgIpc) is 2.15. The van der Waals surface area contributed by atoms with Gasteiger partial charge in [0.05, 0.1) is 18.3 Å². The Balaban J connectivity index is 2.94. The Morgan fingerprint density at radius 1 is 1.62 bits per heavy atom. The van der Waals surface area contributed by atoms with Crippen LogP contribution in [0.3, 0.4) is 0 Å². The van der Waals surface area contributed by atoms with Crippen molar-refractivity contribution in [1.29, 1.82) is 0 Å². The normalized spacial score (nSPS) is 12.2. The third kappa shape index (κ3) is 3.21. The molecular weight excluding hydrogens is 272 g/mol. The van der Waals surface area contributed by atoms with E-state index in [-0.39, 0.29) is 12.5 Å². The van der Waals surface area contributed by atoms with Crippen molar-refractivity contribution in [3.63, 3.8) is 0 Å². The molecule has 0 heterocycles. The molecule has 0 aliphatic carbocycles. The van der Waals surface area contributed by atoms with Crippen molar-refractivity contribution in [3.8, 4) is 0 Å². The van der Waals surface area contributed by atoms with Gasteiger partial charge in [0.15, 0.2) is 0 Å². The maximum atomic E-state index is 10.8. The second-order valence-corrected chi connectivity index (χ2v) is 4.56. The molecule has 3 N–H and O–H groups in total. The molecule has 1 atom stereocenters. The van der Waals surface area contributed by atoms with E-state index in [1.165, 1.54) is 0 Å². The highest BCUT2D eigenvalue weighted by molar-refractivity contribution is 9.10. The lowest BCUT2D eigenvalue weighted by molar-refractivity contribution is -0.116. The molecule has 0 aliphatic heterocycles. The van der Waals surface area contributed by atoms with Crippen molar-refractivity contribution >= 4 is 27.5 Å². The Morgan fingerprint density at radius 3 is 2.69 bits per heavy atom. The average molecular weight is 287 g/mol. The molecular formula is C11H15BrN2O2. The number of likely N-dealkylation sites (N-methyl/N-ethyl adjacent to an activating group) is 1. The van der Waals surface area contributed by atoms with E-state index in [1.807, 2.05) is 18.2 Å². The molecule has 0 saturated carbocycles. The lowest BCUT2D eigenvalue weighted by Gasteiger charge is -2.19. The molecule has 88 valence electrons. The molecule has 0 unspecified atom stereocenters. The fraction of sp³-hybridized carbons (Fsp3) is 0.364. The van der Waals surface area contributed by atoms with Crippen LogP contribution in [0.15, 0.2) is 22.7 Å². The number of nitrogens with zero attached hydrogens (tertiary/aromatic N) is 1. The highest BCUT2D eigenvalue weighted by Gasteiger charge is 2.10. The molecule has 0 aliphatic rings. The van der Waals surface area contributed by atoms with Crippen LogP contribution in [0.1, 0.15) is 18.6 Å². The third-order valence-corrected chi connectivity index (χ3v) is 2.89. The molecule has 1 aromatic rings. The summed E-state index contributed by atoms with van der Waals surface area (Å²) in [6.45, 7) is 1.86. The van der Waals surface area contributed by atoms with Crippen LogP contribution in [-0.2, 0) is 4.79 Å². The molecule has 16 heavy (non-hydrogen) atoms. The minimum Gasteiger partial charge on any atom is -0.389 e. The minimum atomic E-state index is -0.508. The van der Waals surface area contributed by atoms with E-state index < -0.39 is 6.10 Å². The summed E-state index contributed by atoms with van der Waals surface area (Å²) in [5, 5.41) is 9.41. The summed E-state index contributed by atoms with van der Waals surface area (Å²) in [6, 6.07) is 5.49. The van der Waals surface area contributed by atoms with Crippen molar-refractivity contribution < 1.29 is 9.90 Å². The monoisotopic (exact) mass is 286 g/mol. The quantitative estimate of drug-likeness (QED) is 0.880. The number of nitrogens with two attached hydrogens (primary N) is 1. The molecule has 1 aromatic carbocycles. The summed E-state index contributed by atoms with van der Waals surface area (Å²) in [7, 11) is 1.78. The number of amides is 1. The van der Waals surface area contributed by atoms with E-state index in [0.717, 1.165) is 15.7 Å². The standard InChI is InChI=1S/C11H15BrN2O2/c1-7(15)8-3-4-10(9(12)5-8)14(2)6-11(13)16/h3-5,7,15H,6H2,1-2H3,(H2,13,16)/t7-/m1/s1. The minimum absolute atomic E-state index is 0.159. The maximum Gasteiger partial charge on any atom is 0.236 e. The fourth-order valence-electron chi connectivity index (χ4n) is 1.41. The Kier molecular flexibility index (Phi) is 4.32. The predicted molar refractivity (Wildman–Crippen MR) is 67.2 cm³/mol. The molecule has 5 heteroatoms. The van der Waals surface area contributed by atoms with Crippen LogP contribution < -0.4 is 10.6 Å². The lowest BCUT2D eigenvalue weighted by Crippen LogP contribution is -2.30. The van der Waals surface area contributed by atoms with E-state index in [4.69, 9.17) is 5.73 Å². The first kappa shape index (κ1) is 13.0. The van der Waals surface area contributed by atoms with Crippen LogP contribution in [0.2, 0.25) is 0 Å². The first-order chi connectivity index (χ1) is 7.41. The Bertz CT molecular complexity index is 394. The molecule has 0 radical (unpaired) electrons. The molecule has 1 amide bonds. The first-order valence-corrected chi connectivity index (χ1v) is 5.68. The van der Waals surface area contributed by atoms with Crippen LogP contribution in [0.5, 0.6) is 0 Å². The second-order valence-electron chi connectivity index (χ2n) is 3.71. The number of primary amides is 1. The van der Waals surface area contributed by atoms with Gasteiger partial charge in [-0.1, -0.05) is 6.07 Å². The maximum absolute atomic E-state index is 10.8. The molecule has 0 aromatic heterocycles. The number of hydrogen-bond donors (Lipinski definition) is 2. The molecule has 0 saturated heterocycles. The van der Waals surface area contributed by atoms with Gasteiger partial charge in [-0.15, -0.1) is 0 Å². The summed E-state index contributed by atoms with van der Waals surface area (Å²) in [4.78, 5) is 12.5. The van der Waals surface area contributed by atoms with Crippen molar-refractivity contribution in [1.82, 2.24) is 0 Å². The van der Waals surface area contributed by atoms with Crippen molar-refractivity contribution in [2.75, 3.05) is 18.5 Å². The van der Waals surface area contributed by atoms with Crippen LogP contribution in [-0.4, -0.2) is 24.6 Å². The number of benzene rings is 1. The number of aliphatic hydroxyl groups excluding tert-OH is 1. The van der Waals surface area contributed by atoms with Gasteiger partial charge in [-0.2, -0.15) is 0 Å². The SMILES string of the molecule is C[C@@H](O)c1ccc(N(C)CC(N)=O)c(Br)c1. The molecule has 0 fully saturated rings. The molecule has 4 nitrogen and oxygen atoms in total. The molecule has 0 bridgehead atoms. The van der Waals surface area contributed by atoms with Crippen molar-refractivity contribution in [2.24, 2.45) is 5.73 Å². The van der Waals surface area contributed by atoms with E-state index in [9.17, 15) is 9.90 Å². The van der Waals surface area contributed by atoms with Gasteiger partial charge in [0.25, 0.3) is 0 Å². The predicted octanol–water partition coefficient (Wildman–Crippen LogP) is 1.42. The van der Waals surface area contributed by atoms with E-state index in [2.05, 4.69) is 15.9 Å². The van der Waals surface area contributed by atoms with Gasteiger partial charge in [-0.05, 0) is 40.5 Å². The van der Waals surface area contributed by atoms with Gasteiger partial charge < -0.3 is 15.7 Å². The van der Waals surface area contributed by atoms with Crippen LogP contribution in [0.25, 0.3) is 0 Å². The number of anilines is 1. The van der Waals surface area contributed by atoms with Crippen LogP contribution >= 0.6 is 15.9 Å². The molecule has 0 spiro atoms. The van der Waals surface area contributed by atoms with Crippen LogP contribution in [0.4, 0.5) is 5.69 Å². The van der Waals surface area contributed by atoms with E-state index in [0.29, 0.717) is 0 Å². The zero-order valence-corrected chi connectivity index (χ0v) is 10.9. The zero-order chi connectivity index (χ0) is 12.3. The van der Waals surface area contributed by atoms with Gasteiger partial charge in [0, 0.05) is 11.5 Å². The summed E-state index contributed by atoms with van der Waals surface area (Å²) in [6.07, 6.45) is -0.508. The number of hydrogen-bond acceptors (Lipinski definition) is 3. The third-order valence-electron chi connectivity index (χ3n) is 2.26. The van der Waals surface area contributed by atoms with Gasteiger partial charge in [0.2, 0.25) is 5.91 Å². The smallest absolute Gasteiger partial charge is 0.236 e.